The molecular formula is C13H15N3O4. The Labute approximate surface area is 115 Å². The van der Waals surface area contributed by atoms with Gasteiger partial charge in [0.05, 0.1) is 11.4 Å². The van der Waals surface area contributed by atoms with Crippen LogP contribution in [-0.4, -0.2) is 35.6 Å². The van der Waals surface area contributed by atoms with Gasteiger partial charge < -0.3 is 15.7 Å². The topological polar surface area (TPSA) is 98.7 Å². The molecule has 1 aromatic carbocycles. The van der Waals surface area contributed by atoms with Gasteiger partial charge >= 0.3 is 12.0 Å². The molecule has 1 atom stereocenters. The van der Waals surface area contributed by atoms with Gasteiger partial charge in [0.2, 0.25) is 5.91 Å². The molecule has 0 unspecified atom stereocenters. The minimum Gasteiger partial charge on any atom is -0.480 e. The molecule has 20 heavy (non-hydrogen) atoms. The number of rotatable bonds is 3. The highest BCUT2D eigenvalue weighted by molar-refractivity contribution is 6.09. The molecular weight excluding hydrogens is 262 g/mol. The van der Waals surface area contributed by atoms with Crippen LogP contribution in [0.1, 0.15) is 13.3 Å². The van der Waals surface area contributed by atoms with E-state index in [1.165, 1.54) is 4.90 Å². The molecule has 0 radical (unpaired) electrons. The van der Waals surface area contributed by atoms with Crippen LogP contribution < -0.4 is 15.5 Å². The average Bonchev–Trinajstić information content (AvgIpc) is 2.43. The molecule has 0 saturated carbocycles. The summed E-state index contributed by atoms with van der Waals surface area (Å²) in [6.45, 7) is 1.52. The van der Waals surface area contributed by atoms with Gasteiger partial charge in [-0.2, -0.15) is 0 Å². The highest BCUT2D eigenvalue weighted by Crippen LogP contribution is 2.28. The standard InChI is InChI=1S/C13H15N3O4/c1-2-8(12(18)19)15-13(20)16-7-11(17)14-9-5-3-4-6-10(9)16/h3-6,8H,2,7H2,1H3,(H,14,17)(H,15,20)(H,18,19)/t8-/m0/s1. The van der Waals surface area contributed by atoms with Crippen LogP contribution in [0.4, 0.5) is 16.2 Å². The summed E-state index contributed by atoms with van der Waals surface area (Å²) >= 11 is 0. The summed E-state index contributed by atoms with van der Waals surface area (Å²) in [5.41, 5.74) is 1.08. The molecule has 0 bridgehead atoms. The molecule has 0 aliphatic carbocycles. The maximum atomic E-state index is 12.2. The number of amides is 3. The van der Waals surface area contributed by atoms with Crippen LogP contribution in [0.5, 0.6) is 0 Å². The van der Waals surface area contributed by atoms with E-state index in [1.54, 1.807) is 31.2 Å². The summed E-state index contributed by atoms with van der Waals surface area (Å²) < 4.78 is 0. The fourth-order valence-electron chi connectivity index (χ4n) is 1.98. The summed E-state index contributed by atoms with van der Waals surface area (Å²) in [5, 5.41) is 14.0. The second-order valence-corrected chi connectivity index (χ2v) is 4.40. The number of urea groups is 1. The van der Waals surface area contributed by atoms with E-state index in [0.717, 1.165) is 0 Å². The van der Waals surface area contributed by atoms with Crippen molar-refractivity contribution in [1.82, 2.24) is 5.32 Å². The quantitative estimate of drug-likeness (QED) is 0.768. The van der Waals surface area contributed by atoms with Gasteiger partial charge in [0, 0.05) is 0 Å². The summed E-state index contributed by atoms with van der Waals surface area (Å²) in [4.78, 5) is 35.9. The van der Waals surface area contributed by atoms with Crippen molar-refractivity contribution in [2.24, 2.45) is 0 Å². The third-order valence-electron chi connectivity index (χ3n) is 3.02. The zero-order chi connectivity index (χ0) is 14.7. The third kappa shape index (κ3) is 2.71. The number of carbonyl (C=O) groups excluding carboxylic acids is 2. The summed E-state index contributed by atoms with van der Waals surface area (Å²) in [5.74, 6) is -1.42. The predicted molar refractivity (Wildman–Crippen MR) is 72.7 cm³/mol. The van der Waals surface area contributed by atoms with Gasteiger partial charge in [0.1, 0.15) is 12.6 Å². The minimum absolute atomic E-state index is 0.140. The van der Waals surface area contributed by atoms with Crippen molar-refractivity contribution in [2.75, 3.05) is 16.8 Å². The van der Waals surface area contributed by atoms with Crippen LogP contribution in [0.2, 0.25) is 0 Å². The first-order valence-electron chi connectivity index (χ1n) is 6.22. The van der Waals surface area contributed by atoms with Crippen molar-refractivity contribution >= 4 is 29.3 Å². The monoisotopic (exact) mass is 277 g/mol. The maximum absolute atomic E-state index is 12.2. The number of carbonyl (C=O) groups is 3. The van der Waals surface area contributed by atoms with E-state index in [9.17, 15) is 14.4 Å². The fraction of sp³-hybridized carbons (Fsp3) is 0.308. The van der Waals surface area contributed by atoms with Gasteiger partial charge in [-0.1, -0.05) is 19.1 Å². The molecule has 3 N–H and O–H groups in total. The van der Waals surface area contributed by atoms with Gasteiger partial charge in [-0.15, -0.1) is 0 Å². The lowest BCUT2D eigenvalue weighted by Crippen LogP contribution is -2.51. The Bertz CT molecular complexity index is 558. The molecule has 106 valence electrons. The van der Waals surface area contributed by atoms with Crippen molar-refractivity contribution in [2.45, 2.75) is 19.4 Å². The normalized spacial score (nSPS) is 15.1. The van der Waals surface area contributed by atoms with Gasteiger partial charge in [-0.05, 0) is 18.6 Å². The Kier molecular flexibility index (Phi) is 3.88. The van der Waals surface area contributed by atoms with Crippen LogP contribution in [0.15, 0.2) is 24.3 Å². The van der Waals surface area contributed by atoms with Crippen LogP contribution in [-0.2, 0) is 9.59 Å². The van der Waals surface area contributed by atoms with Crippen molar-refractivity contribution in [3.8, 4) is 0 Å². The van der Waals surface area contributed by atoms with E-state index in [-0.39, 0.29) is 18.9 Å². The number of nitrogens with one attached hydrogen (secondary N) is 2. The lowest BCUT2D eigenvalue weighted by Gasteiger charge is -2.30. The van der Waals surface area contributed by atoms with Crippen LogP contribution >= 0.6 is 0 Å². The van der Waals surface area contributed by atoms with Crippen molar-refractivity contribution in [3.05, 3.63) is 24.3 Å². The predicted octanol–water partition coefficient (Wildman–Crippen LogP) is 1.02. The largest absolute Gasteiger partial charge is 0.480 e. The zero-order valence-corrected chi connectivity index (χ0v) is 10.9. The molecule has 1 aromatic rings. The van der Waals surface area contributed by atoms with Gasteiger partial charge in [0.15, 0.2) is 0 Å². The average molecular weight is 277 g/mol. The third-order valence-corrected chi connectivity index (χ3v) is 3.02. The molecule has 0 spiro atoms. The second-order valence-electron chi connectivity index (χ2n) is 4.40. The van der Waals surface area contributed by atoms with E-state index in [0.29, 0.717) is 11.4 Å². The van der Waals surface area contributed by atoms with Crippen LogP contribution in [0.25, 0.3) is 0 Å². The van der Waals surface area contributed by atoms with Crippen molar-refractivity contribution in [3.63, 3.8) is 0 Å². The van der Waals surface area contributed by atoms with E-state index in [1.807, 2.05) is 0 Å². The number of para-hydroxylation sites is 2. The Hall–Kier alpha value is -2.57. The number of carboxylic acids is 1. The molecule has 7 heteroatoms. The maximum Gasteiger partial charge on any atom is 0.326 e. The number of hydrogen-bond donors (Lipinski definition) is 3. The number of benzene rings is 1. The lowest BCUT2D eigenvalue weighted by molar-refractivity contribution is -0.139. The summed E-state index contributed by atoms with van der Waals surface area (Å²) in [6.07, 6.45) is 0.267. The Balaban J connectivity index is 2.22. The highest BCUT2D eigenvalue weighted by atomic mass is 16.4. The number of anilines is 2. The number of fused-ring (bicyclic) bond motifs is 1. The van der Waals surface area contributed by atoms with Crippen molar-refractivity contribution < 1.29 is 19.5 Å². The molecule has 0 fully saturated rings. The molecule has 1 aliphatic rings. The number of hydrogen-bond acceptors (Lipinski definition) is 3. The first-order valence-corrected chi connectivity index (χ1v) is 6.22. The van der Waals surface area contributed by atoms with Gasteiger partial charge in [-0.3, -0.25) is 9.69 Å². The number of nitrogens with zero attached hydrogens (tertiary/aromatic N) is 1. The summed E-state index contributed by atoms with van der Waals surface area (Å²) in [6, 6.07) is 5.29. The fourth-order valence-corrected chi connectivity index (χ4v) is 1.98. The number of carboxylic acid groups (broad SMARTS) is 1. The van der Waals surface area contributed by atoms with E-state index in [4.69, 9.17) is 5.11 Å². The molecule has 7 nitrogen and oxygen atoms in total. The minimum atomic E-state index is -1.10. The van der Waals surface area contributed by atoms with Gasteiger partial charge in [0.25, 0.3) is 0 Å². The van der Waals surface area contributed by atoms with E-state index in [2.05, 4.69) is 10.6 Å². The van der Waals surface area contributed by atoms with E-state index < -0.39 is 18.0 Å². The SMILES string of the molecule is CC[C@H](NC(=O)N1CC(=O)Nc2ccccc21)C(=O)O. The lowest BCUT2D eigenvalue weighted by atomic mass is 10.2. The molecule has 2 rings (SSSR count). The molecule has 1 aliphatic heterocycles. The van der Waals surface area contributed by atoms with Crippen LogP contribution in [0.3, 0.4) is 0 Å². The highest BCUT2D eigenvalue weighted by Gasteiger charge is 2.28. The number of aliphatic carboxylic acids is 1. The first-order chi connectivity index (χ1) is 9.52. The van der Waals surface area contributed by atoms with Crippen molar-refractivity contribution in [1.29, 1.82) is 0 Å². The Morgan fingerprint density at radius 1 is 1.45 bits per heavy atom. The molecule has 3 amide bonds. The second kappa shape index (κ2) is 5.60. The zero-order valence-electron chi connectivity index (χ0n) is 10.9. The van der Waals surface area contributed by atoms with E-state index >= 15 is 0 Å². The Morgan fingerprint density at radius 3 is 2.80 bits per heavy atom. The van der Waals surface area contributed by atoms with Gasteiger partial charge in [-0.25, -0.2) is 9.59 Å². The smallest absolute Gasteiger partial charge is 0.326 e. The molecule has 0 aromatic heterocycles. The van der Waals surface area contributed by atoms with Crippen LogP contribution in [0, 0.1) is 0 Å². The summed E-state index contributed by atoms with van der Waals surface area (Å²) in [7, 11) is 0. The Morgan fingerprint density at radius 2 is 2.15 bits per heavy atom. The molecule has 1 heterocycles. The first kappa shape index (κ1) is 13.9. The molecule has 0 saturated heterocycles.